The predicted octanol–water partition coefficient (Wildman–Crippen LogP) is 5.67. The topological polar surface area (TPSA) is 71.1 Å². The van der Waals surface area contributed by atoms with Crippen LogP contribution in [0, 0.1) is 13.8 Å². The zero-order chi connectivity index (χ0) is 23.8. The molecular formula is C26H25BrO6. The zero-order valence-corrected chi connectivity index (χ0v) is 20.3. The lowest BCUT2D eigenvalue weighted by molar-refractivity contribution is -0.141. The SMILES string of the molecule is Cc1cc(Br)cc(C)c1OC(C)C(=O)Oc1cccc(C(=O)OCCOc2ccccc2)c1. The van der Waals surface area contributed by atoms with Crippen molar-refractivity contribution in [3.05, 3.63) is 87.9 Å². The maximum Gasteiger partial charge on any atom is 0.352 e. The first-order chi connectivity index (χ1) is 15.8. The minimum Gasteiger partial charge on any atom is -0.490 e. The quantitative estimate of drug-likeness (QED) is 0.209. The third kappa shape index (κ3) is 7.08. The molecule has 0 aromatic heterocycles. The fourth-order valence-electron chi connectivity index (χ4n) is 3.09. The molecule has 3 aromatic rings. The van der Waals surface area contributed by atoms with Crippen molar-refractivity contribution in [2.75, 3.05) is 13.2 Å². The molecule has 1 unspecified atom stereocenters. The summed E-state index contributed by atoms with van der Waals surface area (Å²) in [6, 6.07) is 19.4. The first kappa shape index (κ1) is 24.3. The van der Waals surface area contributed by atoms with Crippen LogP contribution in [0.15, 0.2) is 71.2 Å². The number of benzene rings is 3. The molecule has 0 aliphatic heterocycles. The van der Waals surface area contributed by atoms with Gasteiger partial charge in [0.1, 0.15) is 30.5 Å². The highest BCUT2D eigenvalue weighted by Crippen LogP contribution is 2.28. The normalized spacial score (nSPS) is 11.4. The molecule has 0 N–H and O–H groups in total. The zero-order valence-electron chi connectivity index (χ0n) is 18.7. The fraction of sp³-hybridized carbons (Fsp3) is 0.231. The van der Waals surface area contributed by atoms with E-state index in [1.165, 1.54) is 6.07 Å². The summed E-state index contributed by atoms with van der Waals surface area (Å²) in [5, 5.41) is 0. The van der Waals surface area contributed by atoms with Gasteiger partial charge in [0.2, 0.25) is 0 Å². The molecule has 3 aromatic carbocycles. The van der Waals surface area contributed by atoms with Gasteiger partial charge in [0.15, 0.2) is 6.10 Å². The van der Waals surface area contributed by atoms with Crippen LogP contribution in [0.2, 0.25) is 0 Å². The molecule has 172 valence electrons. The number of aryl methyl sites for hydroxylation is 2. The number of carbonyl (C=O) groups excluding carboxylic acids is 2. The summed E-state index contributed by atoms with van der Waals surface area (Å²) >= 11 is 3.44. The standard InChI is InChI=1S/C26H25BrO6/c1-17-14-21(27)15-18(2)24(17)32-19(3)25(28)33-23-11-7-8-20(16-23)26(29)31-13-12-30-22-9-5-4-6-10-22/h4-11,14-16,19H,12-13H2,1-3H3. The van der Waals surface area contributed by atoms with Crippen molar-refractivity contribution in [1.29, 1.82) is 0 Å². The maximum absolute atomic E-state index is 12.5. The Morgan fingerprint density at radius 2 is 1.55 bits per heavy atom. The molecule has 0 saturated heterocycles. The van der Waals surface area contributed by atoms with Gasteiger partial charge in [-0.2, -0.15) is 0 Å². The molecule has 0 aliphatic carbocycles. The third-order valence-corrected chi connectivity index (χ3v) is 5.13. The van der Waals surface area contributed by atoms with Gasteiger partial charge in [-0.3, -0.25) is 0 Å². The molecular weight excluding hydrogens is 488 g/mol. The lowest BCUT2D eigenvalue weighted by Crippen LogP contribution is -2.29. The highest BCUT2D eigenvalue weighted by atomic mass is 79.9. The molecule has 0 bridgehead atoms. The summed E-state index contributed by atoms with van der Waals surface area (Å²) in [4.78, 5) is 24.9. The number of ether oxygens (including phenoxy) is 4. The molecule has 7 heteroatoms. The Bertz CT molecular complexity index is 1090. The van der Waals surface area contributed by atoms with E-state index in [1.54, 1.807) is 25.1 Å². The maximum atomic E-state index is 12.5. The predicted molar refractivity (Wildman–Crippen MR) is 128 cm³/mol. The summed E-state index contributed by atoms with van der Waals surface area (Å²) in [5.74, 6) is 0.466. The van der Waals surface area contributed by atoms with Crippen LogP contribution >= 0.6 is 15.9 Å². The van der Waals surface area contributed by atoms with Crippen molar-refractivity contribution in [2.45, 2.75) is 26.9 Å². The molecule has 3 rings (SSSR count). The lowest BCUT2D eigenvalue weighted by atomic mass is 10.1. The second kappa shape index (κ2) is 11.5. The van der Waals surface area contributed by atoms with Crippen molar-refractivity contribution in [2.24, 2.45) is 0 Å². The number of esters is 2. The number of carbonyl (C=O) groups is 2. The molecule has 0 aliphatic rings. The monoisotopic (exact) mass is 512 g/mol. The largest absolute Gasteiger partial charge is 0.490 e. The van der Waals surface area contributed by atoms with Gasteiger partial charge in [-0.1, -0.05) is 40.2 Å². The van der Waals surface area contributed by atoms with E-state index in [9.17, 15) is 9.59 Å². The highest BCUT2D eigenvalue weighted by Gasteiger charge is 2.20. The number of para-hydroxylation sites is 1. The minimum atomic E-state index is -0.839. The molecule has 0 amide bonds. The van der Waals surface area contributed by atoms with Gasteiger partial charge in [0, 0.05) is 4.47 Å². The van der Waals surface area contributed by atoms with E-state index >= 15 is 0 Å². The van der Waals surface area contributed by atoms with E-state index in [1.807, 2.05) is 56.3 Å². The van der Waals surface area contributed by atoms with E-state index in [4.69, 9.17) is 18.9 Å². The number of hydrogen-bond donors (Lipinski definition) is 0. The van der Waals surface area contributed by atoms with Gasteiger partial charge in [-0.05, 0) is 74.4 Å². The lowest BCUT2D eigenvalue weighted by Gasteiger charge is -2.18. The second-order valence-electron chi connectivity index (χ2n) is 7.38. The molecule has 0 fully saturated rings. The first-order valence-corrected chi connectivity index (χ1v) is 11.2. The third-order valence-electron chi connectivity index (χ3n) is 4.67. The average Bonchev–Trinajstić information content (AvgIpc) is 2.79. The highest BCUT2D eigenvalue weighted by molar-refractivity contribution is 9.10. The molecule has 0 heterocycles. The fourth-order valence-corrected chi connectivity index (χ4v) is 3.77. The van der Waals surface area contributed by atoms with Crippen molar-refractivity contribution in [1.82, 2.24) is 0 Å². The number of rotatable bonds is 9. The minimum absolute atomic E-state index is 0.0918. The van der Waals surface area contributed by atoms with Crippen LogP contribution in [0.25, 0.3) is 0 Å². The van der Waals surface area contributed by atoms with Crippen LogP contribution < -0.4 is 14.2 Å². The van der Waals surface area contributed by atoms with Gasteiger partial charge >= 0.3 is 11.9 Å². The summed E-state index contributed by atoms with van der Waals surface area (Å²) in [6.07, 6.45) is -0.839. The van der Waals surface area contributed by atoms with Crippen LogP contribution in [-0.2, 0) is 9.53 Å². The molecule has 6 nitrogen and oxygen atoms in total. The Morgan fingerprint density at radius 3 is 2.24 bits per heavy atom. The van der Waals surface area contributed by atoms with Gasteiger partial charge in [-0.25, -0.2) is 9.59 Å². The first-order valence-electron chi connectivity index (χ1n) is 10.4. The Morgan fingerprint density at radius 1 is 0.879 bits per heavy atom. The second-order valence-corrected chi connectivity index (χ2v) is 8.29. The van der Waals surface area contributed by atoms with E-state index in [2.05, 4.69) is 15.9 Å². The summed E-state index contributed by atoms with van der Waals surface area (Å²) in [6.45, 7) is 5.76. The van der Waals surface area contributed by atoms with Gasteiger partial charge in [0.05, 0.1) is 5.56 Å². The average molecular weight is 513 g/mol. The van der Waals surface area contributed by atoms with E-state index in [-0.39, 0.29) is 24.5 Å². The van der Waals surface area contributed by atoms with Crippen LogP contribution in [0.3, 0.4) is 0 Å². The molecule has 0 radical (unpaired) electrons. The van der Waals surface area contributed by atoms with Crippen molar-refractivity contribution >= 4 is 27.9 Å². The van der Waals surface area contributed by atoms with E-state index in [0.717, 1.165) is 15.6 Å². The van der Waals surface area contributed by atoms with Gasteiger partial charge in [-0.15, -0.1) is 0 Å². The number of hydrogen-bond acceptors (Lipinski definition) is 6. The Hall–Kier alpha value is -3.32. The van der Waals surface area contributed by atoms with Crippen LogP contribution in [0.4, 0.5) is 0 Å². The van der Waals surface area contributed by atoms with Gasteiger partial charge < -0.3 is 18.9 Å². The van der Waals surface area contributed by atoms with Gasteiger partial charge in [0.25, 0.3) is 0 Å². The summed E-state index contributed by atoms with van der Waals surface area (Å²) in [7, 11) is 0. The van der Waals surface area contributed by atoms with Crippen molar-refractivity contribution in [3.63, 3.8) is 0 Å². The van der Waals surface area contributed by atoms with E-state index in [0.29, 0.717) is 11.5 Å². The van der Waals surface area contributed by atoms with Crippen molar-refractivity contribution < 1.29 is 28.5 Å². The number of halogens is 1. The smallest absolute Gasteiger partial charge is 0.352 e. The van der Waals surface area contributed by atoms with E-state index < -0.39 is 18.0 Å². The Kier molecular flexibility index (Phi) is 8.49. The Balaban J connectivity index is 1.53. The van der Waals surface area contributed by atoms with Crippen molar-refractivity contribution in [3.8, 4) is 17.2 Å². The summed E-state index contributed by atoms with van der Waals surface area (Å²) < 4.78 is 22.9. The van der Waals surface area contributed by atoms with Crippen LogP contribution in [-0.4, -0.2) is 31.3 Å². The molecule has 0 saturated carbocycles. The Labute approximate surface area is 201 Å². The molecule has 33 heavy (non-hydrogen) atoms. The van der Waals surface area contributed by atoms with Crippen LogP contribution in [0.5, 0.6) is 17.2 Å². The molecule has 0 spiro atoms. The van der Waals surface area contributed by atoms with Crippen LogP contribution in [0.1, 0.15) is 28.4 Å². The summed E-state index contributed by atoms with van der Waals surface area (Å²) in [5.41, 5.74) is 2.08. The molecule has 1 atom stereocenters.